The molecule has 0 aliphatic heterocycles. The van der Waals surface area contributed by atoms with Crippen molar-refractivity contribution in [3.05, 3.63) is 11.1 Å². The number of carbonyl (C=O) groups excluding carboxylic acids is 1. The number of carbonyl (C=O) groups is 1. The third kappa shape index (κ3) is 6.48. The van der Waals surface area contributed by atoms with E-state index in [9.17, 15) is 4.79 Å². The molecule has 0 radical (unpaired) electrons. The van der Waals surface area contributed by atoms with Crippen LogP contribution in [-0.2, 0) is 4.79 Å². The van der Waals surface area contributed by atoms with E-state index < -0.39 is 0 Å². The molecule has 0 N–H and O–H groups in total. The molecule has 0 spiro atoms. The van der Waals surface area contributed by atoms with Gasteiger partial charge in [0.05, 0.1) is 0 Å². The molecule has 0 rings (SSSR count). The molecule has 0 saturated carbocycles. The van der Waals surface area contributed by atoms with E-state index in [0.717, 1.165) is 11.9 Å². The average Bonchev–Trinajstić information content (AvgIpc) is 2.26. The van der Waals surface area contributed by atoms with Gasteiger partial charge in [0.2, 0.25) is 0 Å². The molecular weight excluding hydrogens is 184 g/mol. The maximum Gasteiger partial charge on any atom is 0.145 e. The van der Waals surface area contributed by atoms with Gasteiger partial charge in [0.15, 0.2) is 0 Å². The lowest BCUT2D eigenvalue weighted by Gasteiger charge is -2.13. The Morgan fingerprint density at radius 2 is 1.73 bits per heavy atom. The highest BCUT2D eigenvalue weighted by Crippen LogP contribution is 2.20. The van der Waals surface area contributed by atoms with E-state index in [-0.39, 0.29) is 0 Å². The van der Waals surface area contributed by atoms with Crippen LogP contribution >= 0.6 is 0 Å². The van der Waals surface area contributed by atoms with Gasteiger partial charge in [-0.2, -0.15) is 0 Å². The third-order valence-corrected chi connectivity index (χ3v) is 3.28. The lowest BCUT2D eigenvalue weighted by Crippen LogP contribution is -2.00. The monoisotopic (exact) mass is 210 g/mol. The van der Waals surface area contributed by atoms with E-state index in [2.05, 4.69) is 20.8 Å². The van der Waals surface area contributed by atoms with Crippen molar-refractivity contribution in [2.24, 2.45) is 5.92 Å². The molecule has 88 valence electrons. The van der Waals surface area contributed by atoms with Crippen LogP contribution in [0, 0.1) is 5.92 Å². The first kappa shape index (κ1) is 14.4. The number of rotatable bonds is 8. The van der Waals surface area contributed by atoms with Crippen molar-refractivity contribution in [3.63, 3.8) is 0 Å². The molecule has 0 amide bonds. The molecule has 1 unspecified atom stereocenters. The van der Waals surface area contributed by atoms with Crippen molar-refractivity contribution < 1.29 is 4.79 Å². The summed E-state index contributed by atoms with van der Waals surface area (Å²) in [5.74, 6) is 0.567. The first-order valence-corrected chi connectivity index (χ1v) is 6.26. The molecule has 0 aromatic rings. The van der Waals surface area contributed by atoms with E-state index in [1.54, 1.807) is 0 Å². The smallest absolute Gasteiger partial charge is 0.145 e. The zero-order valence-electron chi connectivity index (χ0n) is 10.8. The molecule has 0 aromatic heterocycles. The lowest BCUT2D eigenvalue weighted by atomic mass is 9.93. The van der Waals surface area contributed by atoms with Gasteiger partial charge < -0.3 is 0 Å². The Balaban J connectivity index is 3.74. The van der Waals surface area contributed by atoms with Gasteiger partial charge in [0, 0.05) is 0 Å². The number of hydrogen-bond acceptors (Lipinski definition) is 1. The van der Waals surface area contributed by atoms with Crippen LogP contribution in [0.2, 0.25) is 0 Å². The highest BCUT2D eigenvalue weighted by Gasteiger charge is 2.06. The molecule has 0 aromatic carbocycles. The van der Waals surface area contributed by atoms with Gasteiger partial charge in [0.1, 0.15) is 6.29 Å². The molecule has 15 heavy (non-hydrogen) atoms. The lowest BCUT2D eigenvalue weighted by molar-refractivity contribution is -0.104. The van der Waals surface area contributed by atoms with Gasteiger partial charge in [-0.25, -0.2) is 0 Å². The van der Waals surface area contributed by atoms with Crippen LogP contribution in [0.3, 0.4) is 0 Å². The zero-order chi connectivity index (χ0) is 11.7. The number of aldehydes is 1. The molecule has 0 bridgehead atoms. The van der Waals surface area contributed by atoms with Crippen LogP contribution in [0.4, 0.5) is 0 Å². The summed E-state index contributed by atoms with van der Waals surface area (Å²) in [4.78, 5) is 10.6. The van der Waals surface area contributed by atoms with E-state index in [1.807, 2.05) is 6.92 Å². The molecule has 1 nitrogen and oxygen atoms in total. The van der Waals surface area contributed by atoms with Gasteiger partial charge in [0.25, 0.3) is 0 Å². The second kappa shape index (κ2) is 8.70. The minimum Gasteiger partial charge on any atom is -0.298 e. The topological polar surface area (TPSA) is 17.1 Å². The molecule has 0 fully saturated rings. The van der Waals surface area contributed by atoms with Crippen molar-refractivity contribution in [2.75, 3.05) is 0 Å². The number of hydrogen-bond donors (Lipinski definition) is 0. The van der Waals surface area contributed by atoms with Crippen molar-refractivity contribution in [2.45, 2.75) is 66.2 Å². The highest BCUT2D eigenvalue weighted by molar-refractivity contribution is 5.73. The van der Waals surface area contributed by atoms with Gasteiger partial charge in [-0.05, 0) is 31.8 Å². The Morgan fingerprint density at radius 3 is 2.27 bits per heavy atom. The van der Waals surface area contributed by atoms with E-state index in [4.69, 9.17) is 0 Å². The van der Waals surface area contributed by atoms with Crippen LogP contribution in [0.5, 0.6) is 0 Å². The predicted molar refractivity (Wildman–Crippen MR) is 67.0 cm³/mol. The normalized spacial score (nSPS) is 14.7. The maximum atomic E-state index is 10.6. The standard InChI is InChI=1S/C14H26O/c1-5-6-7-8-9-10-12(2)14(4)13(3)11-15/h11-12H,5-10H2,1-4H3. The van der Waals surface area contributed by atoms with Crippen molar-refractivity contribution in [1.29, 1.82) is 0 Å². The molecule has 0 aliphatic carbocycles. The van der Waals surface area contributed by atoms with E-state index in [0.29, 0.717) is 5.92 Å². The van der Waals surface area contributed by atoms with Crippen LogP contribution in [0.1, 0.15) is 66.2 Å². The fraction of sp³-hybridized carbons (Fsp3) is 0.786. The first-order chi connectivity index (χ1) is 7.13. The second-order valence-corrected chi connectivity index (χ2v) is 4.59. The average molecular weight is 210 g/mol. The minimum atomic E-state index is 0.567. The summed E-state index contributed by atoms with van der Waals surface area (Å²) in [6, 6.07) is 0. The van der Waals surface area contributed by atoms with Crippen LogP contribution in [0.25, 0.3) is 0 Å². The Bertz CT molecular complexity index is 203. The summed E-state index contributed by atoms with van der Waals surface area (Å²) in [6.07, 6.45) is 8.85. The number of unbranched alkanes of at least 4 members (excludes halogenated alkanes) is 4. The Kier molecular flexibility index (Phi) is 8.35. The third-order valence-electron chi connectivity index (χ3n) is 3.28. The molecule has 1 atom stereocenters. The summed E-state index contributed by atoms with van der Waals surface area (Å²) < 4.78 is 0. The first-order valence-electron chi connectivity index (χ1n) is 6.26. The minimum absolute atomic E-state index is 0.567. The summed E-state index contributed by atoms with van der Waals surface area (Å²) in [5, 5.41) is 0. The van der Waals surface area contributed by atoms with E-state index >= 15 is 0 Å². The summed E-state index contributed by atoms with van der Waals surface area (Å²) in [7, 11) is 0. The van der Waals surface area contributed by atoms with Crippen molar-refractivity contribution in [1.82, 2.24) is 0 Å². The van der Waals surface area contributed by atoms with Gasteiger partial charge >= 0.3 is 0 Å². The largest absolute Gasteiger partial charge is 0.298 e. The Hall–Kier alpha value is -0.590. The molecule has 0 aliphatic rings. The van der Waals surface area contributed by atoms with Crippen molar-refractivity contribution >= 4 is 6.29 Å². The molecule has 1 heteroatoms. The van der Waals surface area contributed by atoms with Gasteiger partial charge in [-0.15, -0.1) is 0 Å². The predicted octanol–water partition coefficient (Wildman–Crippen LogP) is 4.52. The highest BCUT2D eigenvalue weighted by atomic mass is 16.1. The summed E-state index contributed by atoms with van der Waals surface area (Å²) in [5.41, 5.74) is 2.18. The van der Waals surface area contributed by atoms with Crippen LogP contribution in [0.15, 0.2) is 11.1 Å². The zero-order valence-corrected chi connectivity index (χ0v) is 10.8. The summed E-state index contributed by atoms with van der Waals surface area (Å²) >= 11 is 0. The van der Waals surface area contributed by atoms with E-state index in [1.165, 1.54) is 44.1 Å². The van der Waals surface area contributed by atoms with Gasteiger partial charge in [-0.3, -0.25) is 4.79 Å². The molecule has 0 heterocycles. The van der Waals surface area contributed by atoms with Crippen LogP contribution in [-0.4, -0.2) is 6.29 Å². The molecule has 0 saturated heterocycles. The Labute approximate surface area is 95.0 Å². The second-order valence-electron chi connectivity index (χ2n) is 4.59. The molecular formula is C14H26O. The quantitative estimate of drug-likeness (QED) is 0.327. The maximum absolute atomic E-state index is 10.6. The fourth-order valence-electron chi connectivity index (χ4n) is 1.75. The SMILES string of the molecule is CCCCCCCC(C)C(C)=C(C)C=O. The summed E-state index contributed by atoms with van der Waals surface area (Å²) in [6.45, 7) is 8.46. The van der Waals surface area contributed by atoms with Crippen LogP contribution < -0.4 is 0 Å². The van der Waals surface area contributed by atoms with Crippen molar-refractivity contribution in [3.8, 4) is 0 Å². The number of allylic oxidation sites excluding steroid dienone is 2. The van der Waals surface area contributed by atoms with Gasteiger partial charge in [-0.1, -0.05) is 51.5 Å². The fourth-order valence-corrected chi connectivity index (χ4v) is 1.75. The Morgan fingerprint density at radius 1 is 1.13 bits per heavy atom.